The summed E-state index contributed by atoms with van der Waals surface area (Å²) in [7, 11) is 1.65. The third-order valence-electron chi connectivity index (χ3n) is 4.14. The van der Waals surface area contributed by atoms with Crippen molar-refractivity contribution in [3.05, 3.63) is 71.4 Å². The van der Waals surface area contributed by atoms with Gasteiger partial charge in [-0.3, -0.25) is 0 Å². The molecule has 0 saturated heterocycles. The van der Waals surface area contributed by atoms with Crippen LogP contribution in [0.15, 0.2) is 60.8 Å². The lowest BCUT2D eigenvalue weighted by atomic mass is 9.87. The molecule has 0 fully saturated rings. The molecule has 3 nitrogen and oxygen atoms in total. The van der Waals surface area contributed by atoms with Crippen LogP contribution in [-0.4, -0.2) is 13.4 Å². The molecule has 1 heterocycles. The van der Waals surface area contributed by atoms with Crippen LogP contribution in [0.25, 0.3) is 0 Å². The molecule has 0 spiro atoms. The van der Waals surface area contributed by atoms with E-state index in [9.17, 15) is 4.79 Å². The van der Waals surface area contributed by atoms with Crippen LogP contribution in [0, 0.1) is 5.92 Å². The standard InChI is InChI=1S/C19H18ClNO2/c1-23-18-10-8-17(9-11-18)21-12-2-3-15(13-22)19(21)14-4-6-16(20)7-5-14/h2,4-13,15,19H,3H2,1H3/t15-,19-/m1/s1. The van der Waals surface area contributed by atoms with E-state index in [4.69, 9.17) is 16.3 Å². The van der Waals surface area contributed by atoms with E-state index < -0.39 is 0 Å². The average molecular weight is 328 g/mol. The number of hydrogen-bond acceptors (Lipinski definition) is 3. The molecular formula is C19H18ClNO2. The number of allylic oxidation sites excluding steroid dienone is 1. The summed E-state index contributed by atoms with van der Waals surface area (Å²) in [6, 6.07) is 15.5. The average Bonchev–Trinajstić information content (AvgIpc) is 2.62. The zero-order valence-corrected chi connectivity index (χ0v) is 13.6. The van der Waals surface area contributed by atoms with Crippen molar-refractivity contribution < 1.29 is 9.53 Å². The number of nitrogens with zero attached hydrogens (tertiary/aromatic N) is 1. The lowest BCUT2D eigenvalue weighted by molar-refractivity contribution is -0.111. The Kier molecular flexibility index (Phi) is 4.68. The van der Waals surface area contributed by atoms with Gasteiger partial charge in [-0.25, -0.2) is 0 Å². The zero-order valence-electron chi connectivity index (χ0n) is 12.9. The summed E-state index contributed by atoms with van der Waals surface area (Å²) in [5, 5.41) is 0.693. The Morgan fingerprint density at radius 2 is 1.83 bits per heavy atom. The summed E-state index contributed by atoms with van der Waals surface area (Å²) < 4.78 is 5.22. The van der Waals surface area contributed by atoms with Gasteiger partial charge in [-0.1, -0.05) is 29.8 Å². The van der Waals surface area contributed by atoms with Crippen LogP contribution >= 0.6 is 11.6 Å². The largest absolute Gasteiger partial charge is 0.497 e. The molecule has 2 aromatic rings. The maximum atomic E-state index is 11.6. The van der Waals surface area contributed by atoms with E-state index in [1.165, 1.54) is 0 Å². The smallest absolute Gasteiger partial charge is 0.125 e. The van der Waals surface area contributed by atoms with E-state index in [1.54, 1.807) is 7.11 Å². The minimum Gasteiger partial charge on any atom is -0.497 e. The zero-order chi connectivity index (χ0) is 16.2. The predicted octanol–water partition coefficient (Wildman–Crippen LogP) is 4.63. The van der Waals surface area contributed by atoms with Crippen molar-refractivity contribution >= 4 is 23.6 Å². The number of benzene rings is 2. The SMILES string of the molecule is COc1ccc(N2C=CC[C@H](C=O)[C@H]2c2ccc(Cl)cc2)cc1. The van der Waals surface area contributed by atoms with E-state index in [0.717, 1.165) is 29.7 Å². The molecule has 4 heteroatoms. The van der Waals surface area contributed by atoms with Crippen LogP contribution in [0.4, 0.5) is 5.69 Å². The van der Waals surface area contributed by atoms with Crippen molar-refractivity contribution in [2.24, 2.45) is 5.92 Å². The second-order valence-electron chi connectivity index (χ2n) is 5.52. The lowest BCUT2D eigenvalue weighted by Gasteiger charge is -2.37. The van der Waals surface area contributed by atoms with Crippen molar-refractivity contribution in [1.29, 1.82) is 0 Å². The van der Waals surface area contributed by atoms with Crippen molar-refractivity contribution in [3.8, 4) is 5.75 Å². The number of ether oxygens (including phenoxy) is 1. The van der Waals surface area contributed by atoms with Gasteiger partial charge in [0.1, 0.15) is 12.0 Å². The molecule has 118 valence electrons. The first-order valence-corrected chi connectivity index (χ1v) is 7.90. The molecule has 3 rings (SSSR count). The van der Waals surface area contributed by atoms with Crippen LogP contribution < -0.4 is 9.64 Å². The quantitative estimate of drug-likeness (QED) is 0.767. The fraction of sp³-hybridized carbons (Fsp3) is 0.211. The molecular weight excluding hydrogens is 310 g/mol. The van der Waals surface area contributed by atoms with Gasteiger partial charge in [0.2, 0.25) is 0 Å². The van der Waals surface area contributed by atoms with Gasteiger partial charge >= 0.3 is 0 Å². The van der Waals surface area contributed by atoms with Gasteiger partial charge in [-0.05, 0) is 48.4 Å². The van der Waals surface area contributed by atoms with Crippen LogP contribution in [0.3, 0.4) is 0 Å². The van der Waals surface area contributed by atoms with Gasteiger partial charge in [-0.15, -0.1) is 0 Å². The first-order chi connectivity index (χ1) is 11.2. The molecule has 0 N–H and O–H groups in total. The highest BCUT2D eigenvalue weighted by atomic mass is 35.5. The minimum absolute atomic E-state index is 0.0387. The summed E-state index contributed by atoms with van der Waals surface area (Å²) in [5.74, 6) is 0.716. The number of rotatable bonds is 4. The maximum absolute atomic E-state index is 11.6. The number of anilines is 1. The monoisotopic (exact) mass is 327 g/mol. The maximum Gasteiger partial charge on any atom is 0.125 e. The molecule has 0 radical (unpaired) electrons. The summed E-state index contributed by atoms with van der Waals surface area (Å²) in [6.07, 6.45) is 5.86. The molecule has 0 unspecified atom stereocenters. The number of carbonyl (C=O) groups is 1. The van der Waals surface area contributed by atoms with Gasteiger partial charge in [0.05, 0.1) is 13.2 Å². The van der Waals surface area contributed by atoms with Crippen LogP contribution in [0.1, 0.15) is 18.0 Å². The Bertz CT molecular complexity index is 694. The third-order valence-corrected chi connectivity index (χ3v) is 4.39. The fourth-order valence-electron chi connectivity index (χ4n) is 2.96. The topological polar surface area (TPSA) is 29.5 Å². The highest BCUT2D eigenvalue weighted by Crippen LogP contribution is 2.38. The highest BCUT2D eigenvalue weighted by molar-refractivity contribution is 6.30. The summed E-state index contributed by atoms with van der Waals surface area (Å²) >= 11 is 6.00. The second-order valence-corrected chi connectivity index (χ2v) is 5.96. The van der Waals surface area contributed by atoms with Crippen molar-refractivity contribution in [2.45, 2.75) is 12.5 Å². The molecule has 0 aromatic heterocycles. The summed E-state index contributed by atoms with van der Waals surface area (Å²) in [5.41, 5.74) is 2.10. The molecule has 23 heavy (non-hydrogen) atoms. The van der Waals surface area contributed by atoms with Crippen LogP contribution in [-0.2, 0) is 4.79 Å². The van der Waals surface area contributed by atoms with Crippen molar-refractivity contribution in [3.63, 3.8) is 0 Å². The Labute approximate surface area is 141 Å². The Morgan fingerprint density at radius 1 is 1.13 bits per heavy atom. The van der Waals surface area contributed by atoms with Gasteiger partial charge in [0.25, 0.3) is 0 Å². The number of aldehydes is 1. The van der Waals surface area contributed by atoms with E-state index in [2.05, 4.69) is 4.90 Å². The molecule has 1 aliphatic heterocycles. The summed E-state index contributed by atoms with van der Waals surface area (Å²) in [4.78, 5) is 13.7. The molecule has 2 aromatic carbocycles. The molecule has 2 atom stereocenters. The normalized spacial score (nSPS) is 20.3. The van der Waals surface area contributed by atoms with E-state index in [1.807, 2.05) is 60.8 Å². The Hall–Kier alpha value is -2.26. The van der Waals surface area contributed by atoms with Gasteiger partial charge in [0, 0.05) is 22.8 Å². The number of hydrogen-bond donors (Lipinski definition) is 0. The van der Waals surface area contributed by atoms with Gasteiger partial charge in [0.15, 0.2) is 0 Å². The molecule has 0 bridgehead atoms. The first-order valence-electron chi connectivity index (χ1n) is 7.52. The summed E-state index contributed by atoms with van der Waals surface area (Å²) in [6.45, 7) is 0. The second kappa shape index (κ2) is 6.88. The van der Waals surface area contributed by atoms with Crippen molar-refractivity contribution in [2.75, 3.05) is 12.0 Å². The van der Waals surface area contributed by atoms with Gasteiger partial charge in [-0.2, -0.15) is 0 Å². The van der Waals surface area contributed by atoms with E-state index in [0.29, 0.717) is 5.02 Å². The highest BCUT2D eigenvalue weighted by Gasteiger charge is 2.30. The third kappa shape index (κ3) is 3.25. The number of halogens is 1. The molecule has 1 aliphatic rings. The Balaban J connectivity index is 2.00. The number of methoxy groups -OCH3 is 1. The van der Waals surface area contributed by atoms with Crippen LogP contribution in [0.5, 0.6) is 5.75 Å². The van der Waals surface area contributed by atoms with Gasteiger partial charge < -0.3 is 14.4 Å². The predicted molar refractivity (Wildman–Crippen MR) is 93.0 cm³/mol. The minimum atomic E-state index is -0.0942. The molecule has 0 amide bonds. The fourth-order valence-corrected chi connectivity index (χ4v) is 3.08. The van der Waals surface area contributed by atoms with E-state index >= 15 is 0 Å². The Morgan fingerprint density at radius 3 is 2.43 bits per heavy atom. The van der Waals surface area contributed by atoms with Crippen LogP contribution in [0.2, 0.25) is 5.02 Å². The number of carbonyl (C=O) groups excluding carboxylic acids is 1. The lowest BCUT2D eigenvalue weighted by Crippen LogP contribution is -2.33. The molecule has 0 aliphatic carbocycles. The first kappa shape index (κ1) is 15.6. The molecule has 0 saturated carbocycles. The van der Waals surface area contributed by atoms with Crippen molar-refractivity contribution in [1.82, 2.24) is 0 Å². The van der Waals surface area contributed by atoms with E-state index in [-0.39, 0.29) is 12.0 Å².